The first-order chi connectivity index (χ1) is 9.78. The van der Waals surface area contributed by atoms with Crippen molar-refractivity contribution in [3.63, 3.8) is 0 Å². The van der Waals surface area contributed by atoms with E-state index in [1.165, 1.54) is 10.9 Å². The minimum absolute atomic E-state index is 0.0617. The zero-order valence-corrected chi connectivity index (χ0v) is 12.3. The molecule has 1 atom stereocenters. The van der Waals surface area contributed by atoms with Crippen LogP contribution in [0.5, 0.6) is 5.75 Å². The van der Waals surface area contributed by atoms with Crippen LogP contribution in [0.3, 0.4) is 0 Å². The van der Waals surface area contributed by atoms with Crippen molar-refractivity contribution >= 4 is 10.9 Å². The van der Waals surface area contributed by atoms with Gasteiger partial charge in [0, 0.05) is 30.3 Å². The van der Waals surface area contributed by atoms with Gasteiger partial charge in [-0.15, -0.1) is 0 Å². The Balaban J connectivity index is 2.15. The van der Waals surface area contributed by atoms with Gasteiger partial charge in [-0.2, -0.15) is 0 Å². The predicted molar refractivity (Wildman–Crippen MR) is 82.2 cm³/mol. The Morgan fingerprint density at radius 2 is 2.10 bits per heavy atom. The Bertz CT molecular complexity index is 536. The predicted octanol–water partition coefficient (Wildman–Crippen LogP) is 2.79. The van der Waals surface area contributed by atoms with Crippen LogP contribution in [0, 0.1) is 0 Å². The normalized spacial score (nSPS) is 12.8. The van der Waals surface area contributed by atoms with Crippen LogP contribution in [0.25, 0.3) is 10.9 Å². The van der Waals surface area contributed by atoms with E-state index < -0.39 is 0 Å². The first-order valence-electron chi connectivity index (χ1n) is 7.31. The summed E-state index contributed by atoms with van der Waals surface area (Å²) >= 11 is 0. The van der Waals surface area contributed by atoms with Gasteiger partial charge in [0.05, 0.1) is 19.3 Å². The lowest BCUT2D eigenvalue weighted by molar-refractivity contribution is 0.0576. The molecular formula is C16H24N2O2. The topological polar surface area (TPSA) is 49.4 Å². The van der Waals surface area contributed by atoms with Gasteiger partial charge in [0.1, 0.15) is 5.75 Å². The van der Waals surface area contributed by atoms with Crippen LogP contribution in [0.1, 0.15) is 20.3 Å². The second-order valence-corrected chi connectivity index (χ2v) is 4.85. The van der Waals surface area contributed by atoms with Gasteiger partial charge < -0.3 is 19.8 Å². The molecule has 1 unspecified atom stereocenters. The van der Waals surface area contributed by atoms with E-state index in [2.05, 4.69) is 35.9 Å². The summed E-state index contributed by atoms with van der Waals surface area (Å²) in [5.74, 6) is 0.928. The van der Waals surface area contributed by atoms with Gasteiger partial charge in [0.25, 0.3) is 0 Å². The summed E-state index contributed by atoms with van der Waals surface area (Å²) < 4.78 is 13.5. The van der Waals surface area contributed by atoms with E-state index in [-0.39, 0.29) is 6.10 Å². The number of nitrogens with zero attached hydrogens (tertiary/aromatic N) is 1. The van der Waals surface area contributed by atoms with Gasteiger partial charge in [-0.3, -0.25) is 0 Å². The molecule has 0 aliphatic rings. The Labute approximate surface area is 120 Å². The lowest BCUT2D eigenvalue weighted by Gasteiger charge is -2.16. The number of ether oxygens (including phenoxy) is 2. The lowest BCUT2D eigenvalue weighted by atomic mass is 10.2. The third kappa shape index (κ3) is 3.52. The van der Waals surface area contributed by atoms with E-state index in [4.69, 9.17) is 15.2 Å². The second-order valence-electron chi connectivity index (χ2n) is 4.85. The Morgan fingerprint density at radius 1 is 1.25 bits per heavy atom. The molecule has 1 heterocycles. The quantitative estimate of drug-likeness (QED) is 0.806. The maximum atomic E-state index is 5.74. The number of rotatable bonds is 8. The fourth-order valence-electron chi connectivity index (χ4n) is 2.30. The average molecular weight is 276 g/mol. The summed E-state index contributed by atoms with van der Waals surface area (Å²) in [7, 11) is 0. The molecule has 0 aliphatic carbocycles. The summed E-state index contributed by atoms with van der Waals surface area (Å²) in [6.07, 6.45) is 3.16. The molecule has 0 radical (unpaired) electrons. The molecule has 0 fully saturated rings. The standard InChI is InChI=1S/C16H24N2O2/c1-3-9-20-14-5-6-16-13(10-14)7-8-18(16)12-15(11-17)19-4-2/h5-8,10,15H,3-4,9,11-12,17H2,1-2H3. The van der Waals surface area contributed by atoms with Gasteiger partial charge in [0.15, 0.2) is 0 Å². The van der Waals surface area contributed by atoms with Crippen LogP contribution >= 0.6 is 0 Å². The highest BCUT2D eigenvalue weighted by Gasteiger charge is 2.09. The summed E-state index contributed by atoms with van der Waals surface area (Å²) in [6, 6.07) is 8.31. The molecule has 1 aromatic heterocycles. The zero-order valence-electron chi connectivity index (χ0n) is 12.3. The highest BCUT2D eigenvalue weighted by molar-refractivity contribution is 5.81. The molecule has 2 aromatic rings. The summed E-state index contributed by atoms with van der Waals surface area (Å²) in [4.78, 5) is 0. The zero-order chi connectivity index (χ0) is 14.4. The van der Waals surface area contributed by atoms with Crippen LogP contribution in [-0.2, 0) is 11.3 Å². The maximum Gasteiger partial charge on any atom is 0.120 e. The molecule has 0 spiro atoms. The molecule has 2 rings (SSSR count). The molecule has 0 amide bonds. The summed E-state index contributed by atoms with van der Waals surface area (Å²) in [5, 5.41) is 1.19. The minimum atomic E-state index is 0.0617. The molecule has 110 valence electrons. The van der Waals surface area contributed by atoms with Gasteiger partial charge in [-0.1, -0.05) is 6.92 Å². The van der Waals surface area contributed by atoms with Gasteiger partial charge in [0.2, 0.25) is 0 Å². The van der Waals surface area contributed by atoms with Crippen molar-refractivity contribution in [2.75, 3.05) is 19.8 Å². The number of nitrogens with two attached hydrogens (primary N) is 1. The molecule has 4 nitrogen and oxygen atoms in total. The molecule has 0 bridgehead atoms. The van der Waals surface area contributed by atoms with Crippen molar-refractivity contribution in [1.82, 2.24) is 4.57 Å². The number of benzene rings is 1. The first-order valence-corrected chi connectivity index (χ1v) is 7.31. The highest BCUT2D eigenvalue weighted by Crippen LogP contribution is 2.22. The third-order valence-corrected chi connectivity index (χ3v) is 3.28. The molecule has 0 saturated carbocycles. The SMILES string of the molecule is CCCOc1ccc2c(ccn2CC(CN)OCC)c1. The Hall–Kier alpha value is -1.52. The van der Waals surface area contributed by atoms with Crippen molar-refractivity contribution in [1.29, 1.82) is 0 Å². The summed E-state index contributed by atoms with van der Waals surface area (Å²) in [5.41, 5.74) is 6.93. The van der Waals surface area contributed by atoms with Gasteiger partial charge in [-0.25, -0.2) is 0 Å². The molecule has 2 N–H and O–H groups in total. The smallest absolute Gasteiger partial charge is 0.120 e. The minimum Gasteiger partial charge on any atom is -0.494 e. The van der Waals surface area contributed by atoms with Gasteiger partial charge >= 0.3 is 0 Å². The van der Waals surface area contributed by atoms with E-state index in [1.54, 1.807) is 0 Å². The van der Waals surface area contributed by atoms with Crippen molar-refractivity contribution in [3.8, 4) is 5.75 Å². The van der Waals surface area contributed by atoms with Crippen LogP contribution < -0.4 is 10.5 Å². The van der Waals surface area contributed by atoms with E-state index in [0.29, 0.717) is 13.2 Å². The largest absolute Gasteiger partial charge is 0.494 e. The number of aromatic nitrogens is 1. The van der Waals surface area contributed by atoms with Gasteiger partial charge in [-0.05, 0) is 37.6 Å². The van der Waals surface area contributed by atoms with Crippen LogP contribution in [0.15, 0.2) is 30.5 Å². The number of hydrogen-bond donors (Lipinski definition) is 1. The van der Waals surface area contributed by atoms with Crippen molar-refractivity contribution < 1.29 is 9.47 Å². The third-order valence-electron chi connectivity index (χ3n) is 3.28. The molecule has 1 aromatic carbocycles. The van der Waals surface area contributed by atoms with E-state index in [0.717, 1.165) is 25.3 Å². The fraction of sp³-hybridized carbons (Fsp3) is 0.500. The number of hydrogen-bond acceptors (Lipinski definition) is 3. The lowest BCUT2D eigenvalue weighted by Crippen LogP contribution is -2.28. The van der Waals surface area contributed by atoms with E-state index >= 15 is 0 Å². The van der Waals surface area contributed by atoms with Crippen LogP contribution in [0.4, 0.5) is 0 Å². The molecule has 0 saturated heterocycles. The van der Waals surface area contributed by atoms with E-state index in [9.17, 15) is 0 Å². The van der Waals surface area contributed by atoms with Crippen molar-refractivity contribution in [2.45, 2.75) is 32.9 Å². The maximum absolute atomic E-state index is 5.74. The Kier molecular flexibility index (Phi) is 5.44. The van der Waals surface area contributed by atoms with E-state index in [1.807, 2.05) is 13.0 Å². The first kappa shape index (κ1) is 14.9. The molecule has 0 aliphatic heterocycles. The monoisotopic (exact) mass is 276 g/mol. The van der Waals surface area contributed by atoms with Crippen LogP contribution in [0.2, 0.25) is 0 Å². The number of fused-ring (bicyclic) bond motifs is 1. The van der Waals surface area contributed by atoms with Crippen LogP contribution in [-0.4, -0.2) is 30.4 Å². The summed E-state index contributed by atoms with van der Waals surface area (Å²) in [6.45, 7) is 6.86. The van der Waals surface area contributed by atoms with Crippen molar-refractivity contribution in [3.05, 3.63) is 30.5 Å². The average Bonchev–Trinajstić information content (AvgIpc) is 2.87. The molecule has 20 heavy (non-hydrogen) atoms. The fourth-order valence-corrected chi connectivity index (χ4v) is 2.30. The second kappa shape index (κ2) is 7.31. The molecular weight excluding hydrogens is 252 g/mol. The molecule has 4 heteroatoms. The Morgan fingerprint density at radius 3 is 2.80 bits per heavy atom. The van der Waals surface area contributed by atoms with Crippen molar-refractivity contribution in [2.24, 2.45) is 5.73 Å². The highest BCUT2D eigenvalue weighted by atomic mass is 16.5.